The monoisotopic (exact) mass is 245 g/mol. The minimum Gasteiger partial charge on any atom is -0.347 e. The first-order chi connectivity index (χ1) is 8.69. The number of benzene rings is 1. The van der Waals surface area contributed by atoms with Gasteiger partial charge < -0.3 is 9.84 Å². The van der Waals surface area contributed by atoms with Crippen molar-refractivity contribution < 1.29 is 9.32 Å². The molecule has 0 unspecified atom stereocenters. The Balaban J connectivity index is 2.08. The molecule has 0 aliphatic rings. The molecule has 0 spiro atoms. The highest BCUT2D eigenvalue weighted by Crippen LogP contribution is 2.16. The Bertz CT molecular complexity index is 549. The lowest BCUT2D eigenvalue weighted by molar-refractivity contribution is -0.121. The highest BCUT2D eigenvalue weighted by Gasteiger charge is 2.09. The van der Waals surface area contributed by atoms with Gasteiger partial charge in [0.25, 0.3) is 0 Å². The summed E-state index contributed by atoms with van der Waals surface area (Å²) >= 11 is 0. The van der Waals surface area contributed by atoms with Crippen LogP contribution in [0.5, 0.6) is 0 Å². The Labute approximate surface area is 105 Å². The van der Waals surface area contributed by atoms with Crippen molar-refractivity contribution >= 4 is 5.91 Å². The number of hydrogen-bond acceptors (Lipinski definition) is 4. The van der Waals surface area contributed by atoms with Crippen molar-refractivity contribution in [2.75, 3.05) is 0 Å². The molecule has 0 atom stereocenters. The standard InChI is InChI=1S/C13H15N3O2/c1-3-11(17)14-8-12-15-13(16-18-12)10-6-4-5-9(2)7-10/h4-7H,3,8H2,1-2H3,(H,14,17). The molecule has 0 saturated heterocycles. The van der Waals surface area contributed by atoms with E-state index in [-0.39, 0.29) is 12.5 Å². The summed E-state index contributed by atoms with van der Waals surface area (Å²) in [4.78, 5) is 15.3. The van der Waals surface area contributed by atoms with Crippen LogP contribution in [0.25, 0.3) is 11.4 Å². The number of amides is 1. The molecule has 5 heteroatoms. The third-order valence-electron chi connectivity index (χ3n) is 2.50. The summed E-state index contributed by atoms with van der Waals surface area (Å²) in [6.07, 6.45) is 0.443. The molecule has 5 nitrogen and oxygen atoms in total. The maximum Gasteiger partial charge on any atom is 0.246 e. The summed E-state index contributed by atoms with van der Waals surface area (Å²) in [5, 5.41) is 6.58. The Morgan fingerprint density at radius 2 is 2.28 bits per heavy atom. The number of nitrogens with zero attached hydrogens (tertiary/aromatic N) is 2. The molecule has 2 rings (SSSR count). The SMILES string of the molecule is CCC(=O)NCc1nc(-c2cccc(C)c2)no1. The van der Waals surface area contributed by atoms with Crippen LogP contribution < -0.4 is 5.32 Å². The molecule has 18 heavy (non-hydrogen) atoms. The molecule has 0 aliphatic carbocycles. The molecule has 1 N–H and O–H groups in total. The van der Waals surface area contributed by atoms with Gasteiger partial charge in [0.1, 0.15) is 0 Å². The Morgan fingerprint density at radius 1 is 1.44 bits per heavy atom. The normalized spacial score (nSPS) is 10.3. The van der Waals surface area contributed by atoms with Crippen LogP contribution >= 0.6 is 0 Å². The number of rotatable bonds is 4. The van der Waals surface area contributed by atoms with E-state index in [9.17, 15) is 4.79 Å². The molecule has 94 valence electrons. The molecule has 2 aromatic rings. The van der Waals surface area contributed by atoms with Crippen LogP contribution in [-0.4, -0.2) is 16.0 Å². The van der Waals surface area contributed by atoms with E-state index < -0.39 is 0 Å². The molecule has 1 aromatic carbocycles. The van der Waals surface area contributed by atoms with E-state index in [0.717, 1.165) is 11.1 Å². The largest absolute Gasteiger partial charge is 0.347 e. The van der Waals surface area contributed by atoms with E-state index in [1.54, 1.807) is 6.92 Å². The van der Waals surface area contributed by atoms with Gasteiger partial charge in [-0.3, -0.25) is 4.79 Å². The summed E-state index contributed by atoms with van der Waals surface area (Å²) in [5.41, 5.74) is 2.05. The van der Waals surface area contributed by atoms with E-state index in [0.29, 0.717) is 18.1 Å². The zero-order chi connectivity index (χ0) is 13.0. The number of aryl methyl sites for hydroxylation is 1. The van der Waals surface area contributed by atoms with Crippen LogP contribution in [0.2, 0.25) is 0 Å². The number of carbonyl (C=O) groups excluding carboxylic acids is 1. The Morgan fingerprint density at radius 3 is 3.00 bits per heavy atom. The Kier molecular flexibility index (Phi) is 3.72. The minimum atomic E-state index is -0.0368. The third kappa shape index (κ3) is 2.94. The van der Waals surface area contributed by atoms with E-state index in [1.807, 2.05) is 31.2 Å². The lowest BCUT2D eigenvalue weighted by Crippen LogP contribution is -2.21. The van der Waals surface area contributed by atoms with Crippen LogP contribution in [0.15, 0.2) is 28.8 Å². The second-order valence-corrected chi connectivity index (χ2v) is 4.01. The molecule has 1 aromatic heterocycles. The van der Waals surface area contributed by atoms with Gasteiger partial charge in [0.05, 0.1) is 6.54 Å². The third-order valence-corrected chi connectivity index (χ3v) is 2.50. The average Bonchev–Trinajstić information content (AvgIpc) is 2.84. The molecule has 1 heterocycles. The summed E-state index contributed by atoms with van der Waals surface area (Å²) in [5.74, 6) is 0.915. The fraction of sp³-hybridized carbons (Fsp3) is 0.308. The first kappa shape index (κ1) is 12.3. The first-order valence-corrected chi connectivity index (χ1v) is 5.85. The number of nitrogens with one attached hydrogen (secondary N) is 1. The quantitative estimate of drug-likeness (QED) is 0.895. The van der Waals surface area contributed by atoms with E-state index in [4.69, 9.17) is 4.52 Å². The van der Waals surface area contributed by atoms with Crippen molar-refractivity contribution in [2.45, 2.75) is 26.8 Å². The molecule has 0 aliphatic heterocycles. The first-order valence-electron chi connectivity index (χ1n) is 5.85. The van der Waals surface area contributed by atoms with E-state index in [2.05, 4.69) is 15.5 Å². The van der Waals surface area contributed by atoms with Crippen molar-refractivity contribution in [3.05, 3.63) is 35.7 Å². The number of hydrogen-bond donors (Lipinski definition) is 1. The van der Waals surface area contributed by atoms with Gasteiger partial charge in [-0.25, -0.2) is 0 Å². The summed E-state index contributed by atoms with van der Waals surface area (Å²) < 4.78 is 5.08. The van der Waals surface area contributed by atoms with Gasteiger partial charge in [0.2, 0.25) is 17.6 Å². The van der Waals surface area contributed by atoms with E-state index >= 15 is 0 Å². The highest BCUT2D eigenvalue weighted by molar-refractivity contribution is 5.75. The van der Waals surface area contributed by atoms with Crippen molar-refractivity contribution in [1.29, 1.82) is 0 Å². The van der Waals surface area contributed by atoms with Crippen molar-refractivity contribution in [3.8, 4) is 11.4 Å². The predicted molar refractivity (Wildman–Crippen MR) is 66.6 cm³/mol. The van der Waals surface area contributed by atoms with Gasteiger partial charge in [0.15, 0.2) is 0 Å². The van der Waals surface area contributed by atoms with E-state index in [1.165, 1.54) is 0 Å². The summed E-state index contributed by atoms with van der Waals surface area (Å²) in [7, 11) is 0. The summed E-state index contributed by atoms with van der Waals surface area (Å²) in [6, 6.07) is 7.86. The molecule has 0 fully saturated rings. The second kappa shape index (κ2) is 5.44. The maximum absolute atomic E-state index is 11.1. The molecular formula is C13H15N3O2. The van der Waals surface area contributed by atoms with Gasteiger partial charge in [-0.1, -0.05) is 35.8 Å². The van der Waals surface area contributed by atoms with Crippen molar-refractivity contribution in [2.24, 2.45) is 0 Å². The summed E-state index contributed by atoms with van der Waals surface area (Å²) in [6.45, 7) is 4.07. The van der Waals surface area contributed by atoms with Crippen molar-refractivity contribution in [1.82, 2.24) is 15.5 Å². The van der Waals surface area contributed by atoms with Gasteiger partial charge in [0, 0.05) is 12.0 Å². The highest BCUT2D eigenvalue weighted by atomic mass is 16.5. The second-order valence-electron chi connectivity index (χ2n) is 4.01. The van der Waals surface area contributed by atoms with Gasteiger partial charge in [-0.15, -0.1) is 0 Å². The lowest BCUT2D eigenvalue weighted by atomic mass is 10.1. The smallest absolute Gasteiger partial charge is 0.246 e. The van der Waals surface area contributed by atoms with Crippen LogP contribution in [0, 0.1) is 6.92 Å². The van der Waals surface area contributed by atoms with Gasteiger partial charge >= 0.3 is 0 Å². The Hall–Kier alpha value is -2.17. The van der Waals surface area contributed by atoms with Crippen LogP contribution in [0.1, 0.15) is 24.8 Å². The van der Waals surface area contributed by atoms with Crippen LogP contribution in [-0.2, 0) is 11.3 Å². The van der Waals surface area contributed by atoms with Gasteiger partial charge in [-0.2, -0.15) is 4.98 Å². The lowest BCUT2D eigenvalue weighted by Gasteiger charge is -1.97. The van der Waals surface area contributed by atoms with Crippen molar-refractivity contribution in [3.63, 3.8) is 0 Å². The predicted octanol–water partition coefficient (Wildman–Crippen LogP) is 2.07. The maximum atomic E-state index is 11.1. The van der Waals surface area contributed by atoms with Gasteiger partial charge in [-0.05, 0) is 13.0 Å². The molecule has 1 amide bonds. The van der Waals surface area contributed by atoms with Crippen LogP contribution in [0.3, 0.4) is 0 Å². The molecule has 0 bridgehead atoms. The molecule has 0 radical (unpaired) electrons. The molecular weight excluding hydrogens is 230 g/mol. The average molecular weight is 245 g/mol. The minimum absolute atomic E-state index is 0.0368. The zero-order valence-electron chi connectivity index (χ0n) is 10.4. The fourth-order valence-corrected chi connectivity index (χ4v) is 1.53. The fourth-order valence-electron chi connectivity index (χ4n) is 1.53. The topological polar surface area (TPSA) is 68.0 Å². The number of aromatic nitrogens is 2. The number of carbonyl (C=O) groups is 1. The van der Waals surface area contributed by atoms with Crippen LogP contribution in [0.4, 0.5) is 0 Å². The zero-order valence-corrected chi connectivity index (χ0v) is 10.4. The molecule has 0 saturated carbocycles.